The topological polar surface area (TPSA) is 43.1 Å². The largest absolute Gasteiger partial charge is 0.399 e. The molecule has 1 aromatic carbocycles. The van der Waals surface area contributed by atoms with Crippen LogP contribution in [0.3, 0.4) is 0 Å². The summed E-state index contributed by atoms with van der Waals surface area (Å²) < 4.78 is 0. The van der Waals surface area contributed by atoms with Gasteiger partial charge < -0.3 is 5.73 Å². The summed E-state index contributed by atoms with van der Waals surface area (Å²) >= 11 is 1.42. The van der Waals surface area contributed by atoms with Crippen LogP contribution in [0, 0.1) is 11.8 Å². The number of carbonyl (C=O) groups excluding carboxylic acids is 1. The van der Waals surface area contributed by atoms with Gasteiger partial charge in [0, 0.05) is 11.3 Å². The molecule has 0 unspecified atom stereocenters. The second-order valence-corrected chi connectivity index (χ2v) is 4.68. The van der Waals surface area contributed by atoms with Crippen molar-refractivity contribution in [1.82, 2.24) is 0 Å². The first-order valence-electron chi connectivity index (χ1n) is 5.13. The van der Waals surface area contributed by atoms with Gasteiger partial charge in [0.15, 0.2) is 5.78 Å². The fourth-order valence-corrected chi connectivity index (χ4v) is 2.05. The van der Waals surface area contributed by atoms with Gasteiger partial charge in [0.25, 0.3) is 0 Å². The summed E-state index contributed by atoms with van der Waals surface area (Å²) in [5, 5.41) is 0. The van der Waals surface area contributed by atoms with Crippen molar-refractivity contribution in [2.45, 2.75) is 6.92 Å². The van der Waals surface area contributed by atoms with Gasteiger partial charge in [-0.2, -0.15) is 0 Å². The number of rotatable bonds is 1. The molecular formula is C14H11NOS. The number of thiophene rings is 1. The molecule has 84 valence electrons. The van der Waals surface area contributed by atoms with E-state index in [1.54, 1.807) is 13.0 Å². The van der Waals surface area contributed by atoms with Crippen molar-refractivity contribution in [3.05, 3.63) is 51.7 Å². The maximum absolute atomic E-state index is 11.1. The number of Topliss-reactive ketones (excluding diaryl/α,β-unsaturated/α-hetero) is 1. The Hall–Kier alpha value is -2.05. The van der Waals surface area contributed by atoms with Crippen molar-refractivity contribution in [2.24, 2.45) is 0 Å². The van der Waals surface area contributed by atoms with Crippen LogP contribution in [0.25, 0.3) is 0 Å². The first-order chi connectivity index (χ1) is 8.15. The number of hydrogen-bond donors (Lipinski definition) is 1. The molecule has 0 spiro atoms. The van der Waals surface area contributed by atoms with E-state index in [-0.39, 0.29) is 5.78 Å². The molecule has 2 nitrogen and oxygen atoms in total. The number of anilines is 1. The van der Waals surface area contributed by atoms with Gasteiger partial charge in [-0.25, -0.2) is 0 Å². The van der Waals surface area contributed by atoms with Crippen LogP contribution in [-0.2, 0) is 0 Å². The Labute approximate surface area is 104 Å². The number of benzene rings is 1. The van der Waals surface area contributed by atoms with Gasteiger partial charge >= 0.3 is 0 Å². The second kappa shape index (κ2) is 4.86. The zero-order chi connectivity index (χ0) is 12.3. The second-order valence-electron chi connectivity index (χ2n) is 3.59. The molecule has 2 rings (SSSR count). The molecule has 0 fully saturated rings. The van der Waals surface area contributed by atoms with Gasteiger partial charge in [0.2, 0.25) is 0 Å². The van der Waals surface area contributed by atoms with Crippen molar-refractivity contribution < 1.29 is 4.79 Å². The molecular weight excluding hydrogens is 230 g/mol. The van der Waals surface area contributed by atoms with Gasteiger partial charge in [0.1, 0.15) is 0 Å². The van der Waals surface area contributed by atoms with Gasteiger partial charge in [-0.3, -0.25) is 4.79 Å². The van der Waals surface area contributed by atoms with E-state index in [2.05, 4.69) is 11.8 Å². The van der Waals surface area contributed by atoms with Gasteiger partial charge in [-0.15, -0.1) is 11.3 Å². The Morgan fingerprint density at radius 3 is 2.41 bits per heavy atom. The Balaban J connectivity index is 2.20. The third kappa shape index (κ3) is 2.96. The van der Waals surface area contributed by atoms with E-state index in [1.807, 2.05) is 30.3 Å². The minimum absolute atomic E-state index is 0.0792. The summed E-state index contributed by atoms with van der Waals surface area (Å²) in [6, 6.07) is 11.1. The van der Waals surface area contributed by atoms with Gasteiger partial charge in [-0.05, 0) is 43.3 Å². The Kier molecular flexibility index (Phi) is 3.27. The monoisotopic (exact) mass is 241 g/mol. The molecule has 0 bridgehead atoms. The van der Waals surface area contributed by atoms with Crippen LogP contribution >= 0.6 is 11.3 Å². The van der Waals surface area contributed by atoms with Crippen LogP contribution in [0.2, 0.25) is 0 Å². The van der Waals surface area contributed by atoms with Crippen molar-refractivity contribution >= 4 is 22.8 Å². The molecule has 0 saturated carbocycles. The Morgan fingerprint density at radius 1 is 1.12 bits per heavy atom. The standard InChI is InChI=1S/C14H11NOS/c1-10(16)14-9-8-13(17-14)7-4-11-2-5-12(15)6-3-11/h2-3,5-6,8-9H,15H2,1H3. The summed E-state index contributed by atoms with van der Waals surface area (Å²) in [5.41, 5.74) is 7.23. The molecule has 0 aliphatic heterocycles. The summed E-state index contributed by atoms with van der Waals surface area (Å²) in [6.45, 7) is 1.56. The zero-order valence-electron chi connectivity index (χ0n) is 9.36. The molecule has 0 aliphatic carbocycles. The quantitative estimate of drug-likeness (QED) is 0.474. The van der Waals surface area contributed by atoms with E-state index in [1.165, 1.54) is 11.3 Å². The molecule has 2 N–H and O–H groups in total. The third-order valence-electron chi connectivity index (χ3n) is 2.19. The first kappa shape index (κ1) is 11.4. The van der Waals surface area contributed by atoms with E-state index in [0.29, 0.717) is 0 Å². The highest BCUT2D eigenvalue weighted by Crippen LogP contribution is 2.15. The first-order valence-corrected chi connectivity index (χ1v) is 5.95. The lowest BCUT2D eigenvalue weighted by Gasteiger charge is -1.91. The highest BCUT2D eigenvalue weighted by Gasteiger charge is 2.01. The lowest BCUT2D eigenvalue weighted by atomic mass is 10.2. The number of ketones is 1. The maximum atomic E-state index is 11.1. The normalized spacial score (nSPS) is 9.47. The van der Waals surface area contributed by atoms with Crippen LogP contribution < -0.4 is 5.73 Å². The molecule has 3 heteroatoms. The highest BCUT2D eigenvalue weighted by atomic mass is 32.1. The van der Waals surface area contributed by atoms with Crippen molar-refractivity contribution in [3.63, 3.8) is 0 Å². The van der Waals surface area contributed by atoms with Crippen molar-refractivity contribution in [2.75, 3.05) is 5.73 Å². The SMILES string of the molecule is CC(=O)c1ccc(C#Cc2ccc(N)cc2)s1. The molecule has 0 atom stereocenters. The number of hydrogen-bond acceptors (Lipinski definition) is 3. The van der Waals surface area contributed by atoms with E-state index >= 15 is 0 Å². The highest BCUT2D eigenvalue weighted by molar-refractivity contribution is 7.14. The summed E-state index contributed by atoms with van der Waals surface area (Å²) in [6.07, 6.45) is 0. The summed E-state index contributed by atoms with van der Waals surface area (Å²) in [4.78, 5) is 12.8. The third-order valence-corrected chi connectivity index (χ3v) is 3.30. The average molecular weight is 241 g/mol. The van der Waals surface area contributed by atoms with Crippen LogP contribution in [0.15, 0.2) is 36.4 Å². The fourth-order valence-electron chi connectivity index (χ4n) is 1.29. The van der Waals surface area contributed by atoms with Crippen molar-refractivity contribution in [3.8, 4) is 11.8 Å². The zero-order valence-corrected chi connectivity index (χ0v) is 10.2. The van der Waals surface area contributed by atoms with E-state index in [9.17, 15) is 4.79 Å². The Morgan fingerprint density at radius 2 is 1.82 bits per heavy atom. The van der Waals surface area contributed by atoms with Crippen LogP contribution in [0.4, 0.5) is 5.69 Å². The molecule has 2 aromatic rings. The Bertz CT molecular complexity index is 599. The molecule has 1 heterocycles. The number of carbonyl (C=O) groups is 1. The van der Waals surface area contributed by atoms with E-state index in [4.69, 9.17) is 5.73 Å². The fraction of sp³-hybridized carbons (Fsp3) is 0.0714. The average Bonchev–Trinajstić information content (AvgIpc) is 2.77. The van der Waals surface area contributed by atoms with Crippen LogP contribution in [0.1, 0.15) is 27.0 Å². The molecule has 0 aliphatic rings. The van der Waals surface area contributed by atoms with Crippen molar-refractivity contribution in [1.29, 1.82) is 0 Å². The summed E-state index contributed by atoms with van der Waals surface area (Å²) in [5.74, 6) is 6.14. The summed E-state index contributed by atoms with van der Waals surface area (Å²) in [7, 11) is 0. The van der Waals surface area contributed by atoms with Crippen LogP contribution in [0.5, 0.6) is 0 Å². The van der Waals surface area contributed by atoms with E-state index in [0.717, 1.165) is 21.0 Å². The molecule has 1 aromatic heterocycles. The minimum Gasteiger partial charge on any atom is -0.399 e. The molecule has 17 heavy (non-hydrogen) atoms. The molecule has 0 radical (unpaired) electrons. The smallest absolute Gasteiger partial charge is 0.169 e. The maximum Gasteiger partial charge on any atom is 0.169 e. The van der Waals surface area contributed by atoms with Gasteiger partial charge in [0.05, 0.1) is 9.75 Å². The predicted octanol–water partition coefficient (Wildman–Crippen LogP) is 2.93. The van der Waals surface area contributed by atoms with Crippen LogP contribution in [-0.4, -0.2) is 5.78 Å². The molecule has 0 amide bonds. The lowest BCUT2D eigenvalue weighted by Crippen LogP contribution is -1.83. The van der Waals surface area contributed by atoms with Gasteiger partial charge in [-0.1, -0.05) is 11.8 Å². The van der Waals surface area contributed by atoms with E-state index < -0.39 is 0 Å². The molecule has 0 saturated heterocycles. The lowest BCUT2D eigenvalue weighted by molar-refractivity contribution is 0.102. The number of nitrogens with two attached hydrogens (primary N) is 1. The number of nitrogen functional groups attached to an aromatic ring is 1. The predicted molar refractivity (Wildman–Crippen MR) is 71.2 cm³/mol. The minimum atomic E-state index is 0.0792.